The largest absolute Gasteiger partial charge is 0.387 e. The van der Waals surface area contributed by atoms with Crippen LogP contribution in [0.25, 0.3) is 0 Å². The fourth-order valence-electron chi connectivity index (χ4n) is 2.55. The number of rotatable bonds is 2. The van der Waals surface area contributed by atoms with Gasteiger partial charge >= 0.3 is 0 Å². The van der Waals surface area contributed by atoms with Crippen molar-refractivity contribution >= 4 is 0 Å². The van der Waals surface area contributed by atoms with E-state index in [0.717, 1.165) is 5.56 Å². The summed E-state index contributed by atoms with van der Waals surface area (Å²) in [5.41, 5.74) is 0.863. The predicted octanol–water partition coefficient (Wildman–Crippen LogP) is 0.194. The maximum absolute atomic E-state index is 10.1. The summed E-state index contributed by atoms with van der Waals surface area (Å²) in [6.07, 6.45) is -4.76. The van der Waals surface area contributed by atoms with Gasteiger partial charge in [0, 0.05) is 12.7 Å². The van der Waals surface area contributed by atoms with Gasteiger partial charge in [0.25, 0.3) is 0 Å². The Hall–Kier alpha value is -1.02. The number of methoxy groups -OCH3 is 1. The minimum Gasteiger partial charge on any atom is -0.387 e. The van der Waals surface area contributed by atoms with E-state index in [1.54, 1.807) is 0 Å². The SMILES string of the molecule is CO[C@H]1O[C@H]2CO[C@H](c3ccccc3)O[C@@H]2[C@H](O)[C@H]1O. The van der Waals surface area contributed by atoms with Crippen LogP contribution < -0.4 is 0 Å². The van der Waals surface area contributed by atoms with E-state index in [9.17, 15) is 10.2 Å². The summed E-state index contributed by atoms with van der Waals surface area (Å²) in [4.78, 5) is 0. The van der Waals surface area contributed by atoms with Crippen molar-refractivity contribution in [1.82, 2.24) is 0 Å². The van der Waals surface area contributed by atoms with Gasteiger partial charge in [-0.15, -0.1) is 0 Å². The molecule has 6 nitrogen and oxygen atoms in total. The minimum atomic E-state index is -1.14. The Balaban J connectivity index is 1.74. The third kappa shape index (κ3) is 2.46. The van der Waals surface area contributed by atoms with Crippen LogP contribution in [0, 0.1) is 0 Å². The summed E-state index contributed by atoms with van der Waals surface area (Å²) in [6, 6.07) is 9.45. The topological polar surface area (TPSA) is 77.4 Å². The summed E-state index contributed by atoms with van der Waals surface area (Å²) in [5, 5.41) is 20.1. The van der Waals surface area contributed by atoms with E-state index < -0.39 is 37.0 Å². The fraction of sp³-hybridized carbons (Fsp3) is 0.571. The lowest BCUT2D eigenvalue weighted by Gasteiger charge is -2.45. The lowest BCUT2D eigenvalue weighted by molar-refractivity contribution is -0.358. The molecule has 2 N–H and O–H groups in total. The molecular formula is C14H18O6. The van der Waals surface area contributed by atoms with Gasteiger partial charge in [-0.2, -0.15) is 0 Å². The molecule has 3 rings (SSSR count). The standard InChI is InChI=1S/C14H18O6/c1-17-14-11(16)10(15)12-9(19-14)7-18-13(20-12)8-5-3-2-4-6-8/h2-6,9-16H,7H2,1H3/t9-,10+,11+,12-,13-,14-/m0/s1. The molecule has 2 fully saturated rings. The van der Waals surface area contributed by atoms with Gasteiger partial charge in [0.15, 0.2) is 12.6 Å². The minimum absolute atomic E-state index is 0.272. The van der Waals surface area contributed by atoms with Crippen LogP contribution in [0.15, 0.2) is 30.3 Å². The molecule has 110 valence electrons. The van der Waals surface area contributed by atoms with Crippen LogP contribution in [0.4, 0.5) is 0 Å². The molecular weight excluding hydrogens is 264 g/mol. The first kappa shape index (κ1) is 13.9. The predicted molar refractivity (Wildman–Crippen MR) is 67.7 cm³/mol. The van der Waals surface area contributed by atoms with Crippen molar-refractivity contribution in [3.8, 4) is 0 Å². The van der Waals surface area contributed by atoms with E-state index in [-0.39, 0.29) is 6.61 Å². The fourth-order valence-corrected chi connectivity index (χ4v) is 2.55. The number of ether oxygens (including phenoxy) is 4. The lowest BCUT2D eigenvalue weighted by atomic mass is 9.98. The molecule has 1 aromatic rings. The first-order valence-electron chi connectivity index (χ1n) is 6.57. The zero-order valence-electron chi connectivity index (χ0n) is 11.1. The van der Waals surface area contributed by atoms with Crippen LogP contribution in [-0.2, 0) is 18.9 Å². The molecule has 6 heteroatoms. The number of aliphatic hydroxyl groups is 2. The first-order valence-corrected chi connectivity index (χ1v) is 6.57. The number of benzene rings is 1. The second-order valence-electron chi connectivity index (χ2n) is 4.94. The maximum Gasteiger partial charge on any atom is 0.186 e. The summed E-state index contributed by atoms with van der Waals surface area (Å²) in [6.45, 7) is 0.272. The first-order chi connectivity index (χ1) is 9.70. The molecule has 1 aromatic carbocycles. The average Bonchev–Trinajstić information content (AvgIpc) is 2.51. The molecule has 20 heavy (non-hydrogen) atoms. The number of aliphatic hydroxyl groups excluding tert-OH is 2. The van der Waals surface area contributed by atoms with E-state index in [1.807, 2.05) is 30.3 Å². The van der Waals surface area contributed by atoms with Gasteiger partial charge in [0.1, 0.15) is 24.4 Å². The molecule has 0 saturated carbocycles. The highest BCUT2D eigenvalue weighted by Gasteiger charge is 2.48. The average molecular weight is 282 g/mol. The quantitative estimate of drug-likeness (QED) is 0.806. The summed E-state index contributed by atoms with van der Waals surface area (Å²) < 4.78 is 21.9. The third-order valence-corrected chi connectivity index (χ3v) is 3.64. The molecule has 2 saturated heterocycles. The van der Waals surface area contributed by atoms with Gasteiger partial charge in [-0.25, -0.2) is 0 Å². The van der Waals surface area contributed by atoms with Crippen LogP contribution in [0.5, 0.6) is 0 Å². The van der Waals surface area contributed by atoms with Gasteiger partial charge in [-0.1, -0.05) is 30.3 Å². The van der Waals surface area contributed by atoms with Crippen molar-refractivity contribution in [3.05, 3.63) is 35.9 Å². The molecule has 0 aromatic heterocycles. The van der Waals surface area contributed by atoms with Gasteiger partial charge < -0.3 is 29.2 Å². The summed E-state index contributed by atoms with van der Waals surface area (Å²) in [7, 11) is 1.41. The van der Waals surface area contributed by atoms with Gasteiger partial charge in [-0.05, 0) is 0 Å². The molecule has 0 bridgehead atoms. The Morgan fingerprint density at radius 1 is 1.10 bits per heavy atom. The van der Waals surface area contributed by atoms with Crippen molar-refractivity contribution in [1.29, 1.82) is 0 Å². The highest BCUT2D eigenvalue weighted by molar-refractivity contribution is 5.16. The Bertz CT molecular complexity index is 437. The summed E-state index contributed by atoms with van der Waals surface area (Å²) >= 11 is 0. The highest BCUT2D eigenvalue weighted by atomic mass is 16.7. The van der Waals surface area contributed by atoms with Crippen molar-refractivity contribution in [2.75, 3.05) is 13.7 Å². The molecule has 2 aliphatic heterocycles. The molecule has 0 radical (unpaired) electrons. The third-order valence-electron chi connectivity index (χ3n) is 3.64. The number of hydrogen-bond donors (Lipinski definition) is 2. The molecule has 0 aliphatic carbocycles. The lowest BCUT2D eigenvalue weighted by Crippen LogP contribution is -2.62. The molecule has 6 atom stereocenters. The second kappa shape index (κ2) is 5.77. The Morgan fingerprint density at radius 3 is 2.55 bits per heavy atom. The van der Waals surface area contributed by atoms with Crippen molar-refractivity contribution in [2.24, 2.45) is 0 Å². The van der Waals surface area contributed by atoms with Crippen LogP contribution in [-0.4, -0.2) is 54.6 Å². The normalized spacial score (nSPS) is 41.1. The molecule has 2 heterocycles. The molecule has 0 amide bonds. The maximum atomic E-state index is 10.1. The van der Waals surface area contributed by atoms with Gasteiger partial charge in [0.05, 0.1) is 6.61 Å². The van der Waals surface area contributed by atoms with E-state index in [0.29, 0.717) is 0 Å². The smallest absolute Gasteiger partial charge is 0.186 e. The Kier molecular flexibility index (Phi) is 4.02. The van der Waals surface area contributed by atoms with Crippen LogP contribution in [0.1, 0.15) is 11.9 Å². The summed E-state index contributed by atoms with van der Waals surface area (Å²) in [5.74, 6) is 0. The molecule has 0 unspecified atom stereocenters. The van der Waals surface area contributed by atoms with E-state index >= 15 is 0 Å². The van der Waals surface area contributed by atoms with Crippen LogP contribution in [0.3, 0.4) is 0 Å². The van der Waals surface area contributed by atoms with E-state index in [2.05, 4.69) is 0 Å². The second-order valence-corrected chi connectivity index (χ2v) is 4.94. The molecule has 0 spiro atoms. The van der Waals surface area contributed by atoms with E-state index in [1.165, 1.54) is 7.11 Å². The van der Waals surface area contributed by atoms with Crippen molar-refractivity contribution in [2.45, 2.75) is 37.0 Å². The number of hydrogen-bond acceptors (Lipinski definition) is 6. The zero-order valence-corrected chi connectivity index (χ0v) is 11.1. The van der Waals surface area contributed by atoms with Crippen molar-refractivity contribution < 1.29 is 29.2 Å². The van der Waals surface area contributed by atoms with Crippen molar-refractivity contribution in [3.63, 3.8) is 0 Å². The van der Waals surface area contributed by atoms with Crippen LogP contribution in [0.2, 0.25) is 0 Å². The van der Waals surface area contributed by atoms with E-state index in [4.69, 9.17) is 18.9 Å². The Morgan fingerprint density at radius 2 is 1.85 bits per heavy atom. The highest BCUT2D eigenvalue weighted by Crippen LogP contribution is 2.33. The Labute approximate surface area is 116 Å². The molecule has 2 aliphatic rings. The monoisotopic (exact) mass is 282 g/mol. The van der Waals surface area contributed by atoms with Crippen LogP contribution >= 0.6 is 0 Å². The van der Waals surface area contributed by atoms with Gasteiger partial charge in [-0.3, -0.25) is 0 Å². The zero-order chi connectivity index (χ0) is 14.1. The number of fused-ring (bicyclic) bond motifs is 1. The van der Waals surface area contributed by atoms with Gasteiger partial charge in [0.2, 0.25) is 0 Å².